The summed E-state index contributed by atoms with van der Waals surface area (Å²) in [5.74, 6) is 0. The van der Waals surface area contributed by atoms with E-state index in [9.17, 15) is 0 Å². The van der Waals surface area contributed by atoms with Crippen molar-refractivity contribution in [3.63, 3.8) is 0 Å². The van der Waals surface area contributed by atoms with Crippen molar-refractivity contribution in [2.24, 2.45) is 0 Å². The molecule has 4 nitrogen and oxygen atoms in total. The van der Waals surface area contributed by atoms with E-state index in [-0.39, 0.29) is 6.10 Å². The first-order chi connectivity index (χ1) is 8.22. The predicted molar refractivity (Wildman–Crippen MR) is 67.8 cm³/mol. The number of hydrogen-bond donors (Lipinski definition) is 1. The molecule has 0 saturated carbocycles. The lowest BCUT2D eigenvalue weighted by atomic mass is 10.1. The van der Waals surface area contributed by atoms with E-state index in [0.717, 1.165) is 31.8 Å². The zero-order valence-electron chi connectivity index (χ0n) is 10.0. The molecule has 0 amide bonds. The third-order valence-electron chi connectivity index (χ3n) is 3.00. The smallest absolute Gasteiger partial charge is 0.101 e. The molecular weight excluding hydrogens is 214 g/mol. The monoisotopic (exact) mass is 231 g/mol. The molecule has 4 heteroatoms. The zero-order valence-corrected chi connectivity index (χ0v) is 10.0. The maximum absolute atomic E-state index is 8.98. The summed E-state index contributed by atoms with van der Waals surface area (Å²) in [5.41, 5.74) is 8.08. The summed E-state index contributed by atoms with van der Waals surface area (Å²) >= 11 is 0. The number of nitrogen functional groups attached to an aromatic ring is 1. The summed E-state index contributed by atoms with van der Waals surface area (Å²) in [4.78, 5) is 2.20. The second-order valence-corrected chi connectivity index (χ2v) is 4.33. The lowest BCUT2D eigenvalue weighted by Crippen LogP contribution is -2.30. The molecule has 0 aliphatic carbocycles. The third-order valence-corrected chi connectivity index (χ3v) is 3.00. The van der Waals surface area contributed by atoms with Crippen LogP contribution in [0.3, 0.4) is 0 Å². The molecule has 1 fully saturated rings. The maximum Gasteiger partial charge on any atom is 0.101 e. The molecule has 1 aromatic rings. The summed E-state index contributed by atoms with van der Waals surface area (Å²) in [6.07, 6.45) is 1.18. The van der Waals surface area contributed by atoms with Gasteiger partial charge in [-0.3, -0.25) is 0 Å². The second-order valence-electron chi connectivity index (χ2n) is 4.33. The number of para-hydroxylation sites is 1. The van der Waals surface area contributed by atoms with E-state index in [0.29, 0.717) is 11.3 Å². The molecule has 1 saturated heterocycles. The summed E-state index contributed by atoms with van der Waals surface area (Å²) in [7, 11) is 0. The molecule has 1 atom stereocenters. The van der Waals surface area contributed by atoms with E-state index in [2.05, 4.69) is 17.9 Å². The van der Waals surface area contributed by atoms with Gasteiger partial charge in [0.1, 0.15) is 6.07 Å². The van der Waals surface area contributed by atoms with Crippen LogP contribution in [0.2, 0.25) is 0 Å². The highest BCUT2D eigenvalue weighted by Gasteiger charge is 2.18. The van der Waals surface area contributed by atoms with Crippen molar-refractivity contribution in [1.82, 2.24) is 0 Å². The van der Waals surface area contributed by atoms with Crippen LogP contribution in [0.1, 0.15) is 18.9 Å². The highest BCUT2D eigenvalue weighted by molar-refractivity contribution is 5.74. The molecule has 1 aliphatic rings. The molecule has 1 aromatic carbocycles. The number of rotatable bonds is 1. The number of anilines is 2. The molecule has 2 N–H and O–H groups in total. The van der Waals surface area contributed by atoms with Crippen LogP contribution in [-0.2, 0) is 4.74 Å². The van der Waals surface area contributed by atoms with Crippen molar-refractivity contribution in [3.8, 4) is 6.07 Å². The maximum atomic E-state index is 8.98. The average Bonchev–Trinajstić information content (AvgIpc) is 2.54. The molecule has 90 valence electrons. The minimum absolute atomic E-state index is 0.197. The Hall–Kier alpha value is -1.73. The van der Waals surface area contributed by atoms with Crippen molar-refractivity contribution in [2.75, 3.05) is 30.3 Å². The van der Waals surface area contributed by atoms with Gasteiger partial charge in [0.25, 0.3) is 0 Å². The zero-order chi connectivity index (χ0) is 12.3. The van der Waals surface area contributed by atoms with Crippen LogP contribution < -0.4 is 10.6 Å². The lowest BCUT2D eigenvalue weighted by Gasteiger charge is -2.25. The Morgan fingerprint density at radius 1 is 1.53 bits per heavy atom. The predicted octanol–water partition coefficient (Wildman–Crippen LogP) is 1.76. The molecule has 1 aliphatic heterocycles. The highest BCUT2D eigenvalue weighted by Crippen LogP contribution is 2.27. The Bertz CT molecular complexity index is 439. The van der Waals surface area contributed by atoms with Gasteiger partial charge in [-0.2, -0.15) is 5.26 Å². The van der Waals surface area contributed by atoms with Crippen molar-refractivity contribution < 1.29 is 4.74 Å². The number of nitriles is 1. The number of nitrogens with zero attached hydrogens (tertiary/aromatic N) is 2. The fourth-order valence-electron chi connectivity index (χ4n) is 2.14. The van der Waals surface area contributed by atoms with E-state index < -0.39 is 0 Å². The second kappa shape index (κ2) is 5.07. The number of benzene rings is 1. The SMILES string of the molecule is CC1CN(c2cccc(C#N)c2N)CCCO1. The van der Waals surface area contributed by atoms with E-state index in [4.69, 9.17) is 15.7 Å². The first-order valence-corrected chi connectivity index (χ1v) is 5.87. The molecule has 0 spiro atoms. The number of nitrogens with two attached hydrogens (primary N) is 1. The molecule has 0 radical (unpaired) electrons. The Labute approximate surface area is 102 Å². The van der Waals surface area contributed by atoms with Gasteiger partial charge < -0.3 is 15.4 Å². The summed E-state index contributed by atoms with van der Waals surface area (Å²) in [6, 6.07) is 7.71. The van der Waals surface area contributed by atoms with Gasteiger partial charge in [0.05, 0.1) is 23.0 Å². The largest absolute Gasteiger partial charge is 0.396 e. The van der Waals surface area contributed by atoms with Crippen LogP contribution in [-0.4, -0.2) is 25.8 Å². The van der Waals surface area contributed by atoms with E-state index in [1.807, 2.05) is 12.1 Å². The molecule has 17 heavy (non-hydrogen) atoms. The fraction of sp³-hybridized carbons (Fsp3) is 0.462. The lowest BCUT2D eigenvalue weighted by molar-refractivity contribution is 0.0821. The minimum Gasteiger partial charge on any atom is -0.396 e. The molecule has 2 rings (SSSR count). The Morgan fingerprint density at radius 2 is 2.35 bits per heavy atom. The Balaban J connectivity index is 2.30. The van der Waals surface area contributed by atoms with Crippen molar-refractivity contribution in [1.29, 1.82) is 5.26 Å². The van der Waals surface area contributed by atoms with Gasteiger partial charge in [0.15, 0.2) is 0 Å². The van der Waals surface area contributed by atoms with E-state index >= 15 is 0 Å². The van der Waals surface area contributed by atoms with Crippen molar-refractivity contribution >= 4 is 11.4 Å². The van der Waals surface area contributed by atoms with Crippen LogP contribution in [0.15, 0.2) is 18.2 Å². The highest BCUT2D eigenvalue weighted by atomic mass is 16.5. The fourth-order valence-corrected chi connectivity index (χ4v) is 2.14. The first-order valence-electron chi connectivity index (χ1n) is 5.87. The van der Waals surface area contributed by atoms with Crippen LogP contribution in [0.5, 0.6) is 0 Å². The normalized spacial score (nSPS) is 20.7. The van der Waals surface area contributed by atoms with Gasteiger partial charge in [-0.25, -0.2) is 0 Å². The Kier molecular flexibility index (Phi) is 3.50. The van der Waals surface area contributed by atoms with Crippen LogP contribution in [0, 0.1) is 11.3 Å². The topological polar surface area (TPSA) is 62.3 Å². The third kappa shape index (κ3) is 2.51. The first kappa shape index (κ1) is 11.7. The summed E-state index contributed by atoms with van der Waals surface area (Å²) in [6.45, 7) is 4.58. The average molecular weight is 231 g/mol. The van der Waals surface area contributed by atoms with E-state index in [1.165, 1.54) is 0 Å². The minimum atomic E-state index is 0.197. The van der Waals surface area contributed by atoms with Crippen LogP contribution in [0.25, 0.3) is 0 Å². The number of hydrogen-bond acceptors (Lipinski definition) is 4. The van der Waals surface area contributed by atoms with Crippen LogP contribution >= 0.6 is 0 Å². The van der Waals surface area contributed by atoms with Gasteiger partial charge in [-0.1, -0.05) is 6.07 Å². The van der Waals surface area contributed by atoms with Gasteiger partial charge >= 0.3 is 0 Å². The van der Waals surface area contributed by atoms with Crippen molar-refractivity contribution in [2.45, 2.75) is 19.4 Å². The standard InChI is InChI=1S/C13H17N3O/c1-10-9-16(6-3-7-17-10)12-5-2-4-11(8-14)13(12)15/h2,4-5,10H,3,6-7,9,15H2,1H3. The van der Waals surface area contributed by atoms with Crippen molar-refractivity contribution in [3.05, 3.63) is 23.8 Å². The number of ether oxygens (including phenoxy) is 1. The van der Waals surface area contributed by atoms with Crippen LogP contribution in [0.4, 0.5) is 11.4 Å². The van der Waals surface area contributed by atoms with E-state index in [1.54, 1.807) is 6.07 Å². The van der Waals surface area contributed by atoms with Gasteiger partial charge in [0.2, 0.25) is 0 Å². The molecule has 1 heterocycles. The molecule has 0 aromatic heterocycles. The van der Waals surface area contributed by atoms with Gasteiger partial charge in [-0.05, 0) is 25.5 Å². The molecule has 0 bridgehead atoms. The Morgan fingerprint density at radius 3 is 3.12 bits per heavy atom. The van der Waals surface area contributed by atoms with Gasteiger partial charge in [0, 0.05) is 19.7 Å². The summed E-state index contributed by atoms with van der Waals surface area (Å²) in [5, 5.41) is 8.98. The quantitative estimate of drug-likeness (QED) is 0.748. The summed E-state index contributed by atoms with van der Waals surface area (Å²) < 4.78 is 5.60. The molecular formula is C13H17N3O. The van der Waals surface area contributed by atoms with Gasteiger partial charge in [-0.15, -0.1) is 0 Å². The molecule has 1 unspecified atom stereocenters.